The van der Waals surface area contributed by atoms with Gasteiger partial charge in [0.25, 0.3) is 0 Å². The first-order chi connectivity index (χ1) is 13.1. The Bertz CT molecular complexity index is 814. The highest BCUT2D eigenvalue weighted by Crippen LogP contribution is 2.38. The molecule has 27 heavy (non-hydrogen) atoms. The Morgan fingerprint density at radius 3 is 2.63 bits per heavy atom. The molecule has 2 aromatic rings. The van der Waals surface area contributed by atoms with E-state index < -0.39 is 0 Å². The number of aryl methyl sites for hydroxylation is 1. The van der Waals surface area contributed by atoms with Crippen LogP contribution in [0.1, 0.15) is 59.0 Å². The minimum Gasteiger partial charge on any atom is -0.462 e. The number of fused-ring (bicyclic) bond motifs is 1. The van der Waals surface area contributed by atoms with E-state index in [-0.39, 0.29) is 18.3 Å². The van der Waals surface area contributed by atoms with Gasteiger partial charge in [-0.2, -0.15) is 0 Å². The Morgan fingerprint density at radius 1 is 1.15 bits per heavy atom. The summed E-state index contributed by atoms with van der Waals surface area (Å²) in [5.41, 5.74) is 2.51. The quantitative estimate of drug-likeness (QED) is 0.515. The number of amides is 1. The summed E-state index contributed by atoms with van der Waals surface area (Å²) in [5, 5.41) is 4.22. The summed E-state index contributed by atoms with van der Waals surface area (Å²) in [6.07, 6.45) is 6.20. The third-order valence-corrected chi connectivity index (χ3v) is 6.05. The number of hydrogen-bond acceptors (Lipinski definition) is 4. The highest BCUT2D eigenvalue weighted by molar-refractivity contribution is 7.17. The molecule has 0 radical (unpaired) electrons. The molecule has 0 atom stereocenters. The number of benzene rings is 1. The zero-order valence-corrected chi connectivity index (χ0v) is 17.0. The third-order valence-electron chi connectivity index (χ3n) is 4.59. The molecule has 0 bridgehead atoms. The summed E-state index contributed by atoms with van der Waals surface area (Å²) in [5.74, 6) is -0.462. The number of rotatable bonds is 6. The van der Waals surface area contributed by atoms with Crippen LogP contribution >= 0.6 is 22.9 Å². The van der Waals surface area contributed by atoms with E-state index in [1.54, 1.807) is 12.1 Å². The third kappa shape index (κ3) is 5.11. The summed E-state index contributed by atoms with van der Waals surface area (Å²) >= 11 is 7.42. The van der Waals surface area contributed by atoms with E-state index in [9.17, 15) is 9.59 Å². The summed E-state index contributed by atoms with van der Waals surface area (Å²) < 4.78 is 5.40. The minimum atomic E-state index is -0.321. The molecule has 1 amide bonds. The molecule has 1 N–H and O–H groups in total. The van der Waals surface area contributed by atoms with Crippen LogP contribution in [-0.4, -0.2) is 18.5 Å². The molecule has 144 valence electrons. The van der Waals surface area contributed by atoms with Crippen LogP contribution in [0.3, 0.4) is 0 Å². The van der Waals surface area contributed by atoms with E-state index in [1.807, 2.05) is 19.1 Å². The molecular formula is C21H24ClNO3S. The van der Waals surface area contributed by atoms with Gasteiger partial charge in [0.05, 0.1) is 18.6 Å². The second-order valence-corrected chi connectivity index (χ2v) is 8.30. The first kappa shape index (κ1) is 19.9. The zero-order valence-electron chi connectivity index (χ0n) is 15.5. The van der Waals surface area contributed by atoms with Crippen molar-refractivity contribution in [3.63, 3.8) is 0 Å². The molecule has 1 aliphatic rings. The van der Waals surface area contributed by atoms with Crippen molar-refractivity contribution in [2.75, 3.05) is 11.9 Å². The van der Waals surface area contributed by atoms with Crippen molar-refractivity contribution in [2.45, 2.75) is 51.9 Å². The number of carbonyl (C=O) groups is 2. The summed E-state index contributed by atoms with van der Waals surface area (Å²) in [6.45, 7) is 2.36. The smallest absolute Gasteiger partial charge is 0.341 e. The van der Waals surface area contributed by atoms with Crippen molar-refractivity contribution >= 4 is 39.8 Å². The van der Waals surface area contributed by atoms with Crippen molar-refractivity contribution in [1.29, 1.82) is 0 Å². The summed E-state index contributed by atoms with van der Waals surface area (Å²) in [7, 11) is 0. The van der Waals surface area contributed by atoms with E-state index in [1.165, 1.54) is 22.6 Å². The van der Waals surface area contributed by atoms with Gasteiger partial charge in [0.15, 0.2) is 0 Å². The van der Waals surface area contributed by atoms with Gasteiger partial charge in [-0.15, -0.1) is 11.3 Å². The van der Waals surface area contributed by atoms with Crippen molar-refractivity contribution in [1.82, 2.24) is 0 Å². The highest BCUT2D eigenvalue weighted by atomic mass is 35.5. The molecule has 0 spiro atoms. The molecular weight excluding hydrogens is 382 g/mol. The van der Waals surface area contributed by atoms with Gasteiger partial charge in [0.2, 0.25) is 5.91 Å². The Morgan fingerprint density at radius 2 is 1.89 bits per heavy atom. The molecule has 3 rings (SSSR count). The second kappa shape index (κ2) is 9.38. The first-order valence-electron chi connectivity index (χ1n) is 9.44. The summed E-state index contributed by atoms with van der Waals surface area (Å²) in [4.78, 5) is 26.4. The first-order valence-corrected chi connectivity index (χ1v) is 10.6. The van der Waals surface area contributed by atoms with Crippen LogP contribution in [0, 0.1) is 0 Å². The molecule has 4 nitrogen and oxygen atoms in total. The maximum absolute atomic E-state index is 12.7. The van der Waals surface area contributed by atoms with E-state index >= 15 is 0 Å². The van der Waals surface area contributed by atoms with Crippen LogP contribution in [-0.2, 0) is 28.8 Å². The van der Waals surface area contributed by atoms with Crippen LogP contribution in [0.25, 0.3) is 0 Å². The molecule has 0 aliphatic heterocycles. The summed E-state index contributed by atoms with van der Waals surface area (Å²) in [6, 6.07) is 7.21. The normalized spacial score (nSPS) is 13.6. The maximum Gasteiger partial charge on any atom is 0.341 e. The fourth-order valence-corrected chi connectivity index (χ4v) is 4.69. The number of thiophene rings is 1. The lowest BCUT2D eigenvalue weighted by Crippen LogP contribution is -2.17. The SMILES string of the molecule is CCCOC(=O)c1c(NC(=O)Cc2ccc(Cl)cc2)sc2c1CCCCC2. The Labute approximate surface area is 168 Å². The molecule has 1 aromatic carbocycles. The number of ether oxygens (including phenoxy) is 1. The minimum absolute atomic E-state index is 0.140. The van der Waals surface area contributed by atoms with Gasteiger partial charge in [-0.05, 0) is 55.4 Å². The largest absolute Gasteiger partial charge is 0.462 e. The number of esters is 1. The van der Waals surface area contributed by atoms with Gasteiger partial charge in [0.1, 0.15) is 5.00 Å². The average molecular weight is 406 g/mol. The predicted octanol–water partition coefficient (Wildman–Crippen LogP) is 5.42. The molecule has 0 saturated heterocycles. The van der Waals surface area contributed by atoms with Crippen molar-refractivity contribution in [2.24, 2.45) is 0 Å². The fraction of sp³-hybridized carbons (Fsp3) is 0.429. The fourth-order valence-electron chi connectivity index (χ4n) is 3.27. The molecule has 1 aromatic heterocycles. The van der Waals surface area contributed by atoms with Gasteiger partial charge >= 0.3 is 5.97 Å². The van der Waals surface area contributed by atoms with Crippen LogP contribution in [0.5, 0.6) is 0 Å². The van der Waals surface area contributed by atoms with Crippen LogP contribution < -0.4 is 5.32 Å². The van der Waals surface area contributed by atoms with E-state index in [2.05, 4.69) is 5.32 Å². The number of anilines is 1. The number of halogens is 1. The topological polar surface area (TPSA) is 55.4 Å². The van der Waals surface area contributed by atoms with Gasteiger partial charge in [-0.3, -0.25) is 4.79 Å². The van der Waals surface area contributed by atoms with Crippen molar-refractivity contribution in [3.8, 4) is 0 Å². The van der Waals surface area contributed by atoms with E-state index in [4.69, 9.17) is 16.3 Å². The van der Waals surface area contributed by atoms with Crippen LogP contribution in [0.2, 0.25) is 5.02 Å². The Kier molecular flexibility index (Phi) is 6.91. The van der Waals surface area contributed by atoms with Gasteiger partial charge in [0, 0.05) is 9.90 Å². The van der Waals surface area contributed by atoms with Gasteiger partial charge in [-0.1, -0.05) is 37.1 Å². The second-order valence-electron chi connectivity index (χ2n) is 6.76. The molecule has 0 fully saturated rings. The van der Waals surface area contributed by atoms with Crippen molar-refractivity contribution in [3.05, 3.63) is 50.9 Å². The Balaban J connectivity index is 1.81. The van der Waals surface area contributed by atoms with E-state index in [0.29, 0.717) is 22.2 Å². The van der Waals surface area contributed by atoms with Gasteiger partial charge < -0.3 is 10.1 Å². The van der Waals surface area contributed by atoms with Gasteiger partial charge in [-0.25, -0.2) is 4.79 Å². The lowest BCUT2D eigenvalue weighted by atomic mass is 10.1. The van der Waals surface area contributed by atoms with Crippen molar-refractivity contribution < 1.29 is 14.3 Å². The standard InChI is InChI=1S/C21H24ClNO3S/c1-2-12-26-21(25)19-16-6-4-3-5-7-17(16)27-20(19)23-18(24)13-14-8-10-15(22)11-9-14/h8-11H,2-7,12-13H2,1H3,(H,23,24). The number of nitrogens with one attached hydrogen (secondary N) is 1. The molecule has 0 saturated carbocycles. The molecule has 1 aliphatic carbocycles. The highest BCUT2D eigenvalue weighted by Gasteiger charge is 2.26. The van der Waals surface area contributed by atoms with Crippen LogP contribution in [0.15, 0.2) is 24.3 Å². The molecule has 0 unspecified atom stereocenters. The predicted molar refractivity (Wildman–Crippen MR) is 110 cm³/mol. The maximum atomic E-state index is 12.7. The molecule has 6 heteroatoms. The molecule has 1 heterocycles. The lowest BCUT2D eigenvalue weighted by molar-refractivity contribution is -0.115. The lowest BCUT2D eigenvalue weighted by Gasteiger charge is -2.09. The number of hydrogen-bond donors (Lipinski definition) is 1. The zero-order chi connectivity index (χ0) is 19.2. The van der Waals surface area contributed by atoms with E-state index in [0.717, 1.165) is 43.2 Å². The Hall–Kier alpha value is -1.85. The monoisotopic (exact) mass is 405 g/mol. The number of carbonyl (C=O) groups excluding carboxylic acids is 2. The average Bonchev–Trinajstić information content (AvgIpc) is 2.82. The van der Waals surface area contributed by atoms with Crippen LogP contribution in [0.4, 0.5) is 5.00 Å².